The lowest BCUT2D eigenvalue weighted by atomic mass is 9.80. The first-order valence-corrected chi connectivity index (χ1v) is 4.45. The summed E-state index contributed by atoms with van der Waals surface area (Å²) in [6.07, 6.45) is 4.10. The van der Waals surface area contributed by atoms with Crippen molar-refractivity contribution in [1.82, 2.24) is 0 Å². The largest absolute Gasteiger partial charge is 0.392 e. The molecule has 0 amide bonds. The molecule has 0 saturated carbocycles. The van der Waals surface area contributed by atoms with E-state index in [0.29, 0.717) is 11.8 Å². The molecule has 0 aromatic carbocycles. The Kier molecular flexibility index (Phi) is 2.72. The third-order valence-electron chi connectivity index (χ3n) is 2.62. The monoisotopic (exact) mass is 154 g/mol. The van der Waals surface area contributed by atoms with Crippen molar-refractivity contribution in [2.45, 2.75) is 39.7 Å². The summed E-state index contributed by atoms with van der Waals surface area (Å²) in [5, 5.41) is 9.67. The van der Waals surface area contributed by atoms with Crippen LogP contribution in [0.2, 0.25) is 0 Å². The van der Waals surface area contributed by atoms with Gasteiger partial charge in [-0.1, -0.05) is 25.5 Å². The van der Waals surface area contributed by atoms with Crippen LogP contribution in [0.3, 0.4) is 0 Å². The highest BCUT2D eigenvalue weighted by Crippen LogP contribution is 2.29. The van der Waals surface area contributed by atoms with Gasteiger partial charge in [0.05, 0.1) is 6.10 Å². The highest BCUT2D eigenvalue weighted by atomic mass is 16.3. The second kappa shape index (κ2) is 3.40. The zero-order chi connectivity index (χ0) is 8.43. The molecule has 1 nitrogen and oxygen atoms in total. The van der Waals surface area contributed by atoms with Crippen LogP contribution in [-0.4, -0.2) is 11.2 Å². The first kappa shape index (κ1) is 8.79. The molecule has 0 aliphatic heterocycles. The van der Waals surface area contributed by atoms with E-state index in [1.165, 1.54) is 5.57 Å². The van der Waals surface area contributed by atoms with E-state index in [1.807, 2.05) is 0 Å². The van der Waals surface area contributed by atoms with E-state index in [0.717, 1.165) is 12.8 Å². The zero-order valence-electron chi connectivity index (χ0n) is 7.67. The molecule has 0 spiro atoms. The van der Waals surface area contributed by atoms with Gasteiger partial charge in [0.2, 0.25) is 0 Å². The number of allylic oxidation sites excluding steroid dienone is 1. The smallest absolute Gasteiger partial charge is 0.0610 e. The van der Waals surface area contributed by atoms with Crippen LogP contribution < -0.4 is 0 Å². The molecule has 0 heterocycles. The summed E-state index contributed by atoms with van der Waals surface area (Å²) in [4.78, 5) is 0. The van der Waals surface area contributed by atoms with Gasteiger partial charge in [0, 0.05) is 0 Å². The van der Waals surface area contributed by atoms with Gasteiger partial charge in [-0.3, -0.25) is 0 Å². The van der Waals surface area contributed by atoms with Gasteiger partial charge in [-0.2, -0.15) is 0 Å². The van der Waals surface area contributed by atoms with Gasteiger partial charge in [-0.05, 0) is 31.6 Å². The molecule has 11 heavy (non-hydrogen) atoms. The molecule has 0 saturated heterocycles. The number of hydrogen-bond donors (Lipinski definition) is 1. The van der Waals surface area contributed by atoms with E-state index in [-0.39, 0.29) is 6.10 Å². The Bertz CT molecular complexity index is 158. The molecule has 0 fully saturated rings. The third-order valence-corrected chi connectivity index (χ3v) is 2.62. The molecule has 2 atom stereocenters. The van der Waals surface area contributed by atoms with Gasteiger partial charge in [0.1, 0.15) is 0 Å². The second-order valence-corrected chi connectivity index (χ2v) is 3.97. The molecule has 1 aliphatic rings. The molecule has 0 bridgehead atoms. The van der Waals surface area contributed by atoms with Gasteiger partial charge < -0.3 is 5.11 Å². The first-order chi connectivity index (χ1) is 5.11. The number of rotatable bonds is 1. The highest BCUT2D eigenvalue weighted by molar-refractivity contribution is 5.06. The fraction of sp³-hybridized carbons (Fsp3) is 0.800. The lowest BCUT2D eigenvalue weighted by Crippen LogP contribution is -2.27. The summed E-state index contributed by atoms with van der Waals surface area (Å²) in [7, 11) is 0. The molecule has 1 aliphatic carbocycles. The lowest BCUT2D eigenvalue weighted by Gasteiger charge is -2.29. The van der Waals surface area contributed by atoms with Gasteiger partial charge in [-0.25, -0.2) is 0 Å². The van der Waals surface area contributed by atoms with E-state index in [9.17, 15) is 5.11 Å². The zero-order valence-corrected chi connectivity index (χ0v) is 7.67. The fourth-order valence-corrected chi connectivity index (χ4v) is 1.78. The summed E-state index contributed by atoms with van der Waals surface area (Å²) < 4.78 is 0. The molecule has 2 unspecified atom stereocenters. The Balaban J connectivity index is 2.58. The van der Waals surface area contributed by atoms with Crippen molar-refractivity contribution >= 4 is 0 Å². The van der Waals surface area contributed by atoms with Crippen molar-refractivity contribution in [1.29, 1.82) is 0 Å². The maximum atomic E-state index is 9.67. The molecule has 1 heteroatoms. The number of hydrogen-bond acceptors (Lipinski definition) is 1. The molecule has 0 aromatic heterocycles. The van der Waals surface area contributed by atoms with E-state index in [4.69, 9.17) is 0 Å². The van der Waals surface area contributed by atoms with Gasteiger partial charge in [0.15, 0.2) is 0 Å². The van der Waals surface area contributed by atoms with Crippen molar-refractivity contribution < 1.29 is 5.11 Å². The van der Waals surface area contributed by atoms with E-state index in [2.05, 4.69) is 26.8 Å². The minimum Gasteiger partial charge on any atom is -0.392 e. The Morgan fingerprint density at radius 1 is 1.55 bits per heavy atom. The topological polar surface area (TPSA) is 20.2 Å². The number of aliphatic hydroxyl groups excluding tert-OH is 1. The predicted molar refractivity (Wildman–Crippen MR) is 47.3 cm³/mol. The van der Waals surface area contributed by atoms with E-state index >= 15 is 0 Å². The van der Waals surface area contributed by atoms with Crippen LogP contribution in [0.4, 0.5) is 0 Å². The number of aliphatic hydroxyl groups is 1. The van der Waals surface area contributed by atoms with Crippen LogP contribution in [0, 0.1) is 11.8 Å². The van der Waals surface area contributed by atoms with Gasteiger partial charge >= 0.3 is 0 Å². The predicted octanol–water partition coefficient (Wildman–Crippen LogP) is 2.36. The fourth-order valence-electron chi connectivity index (χ4n) is 1.78. The van der Waals surface area contributed by atoms with Crippen LogP contribution in [0.25, 0.3) is 0 Å². The van der Waals surface area contributed by atoms with Crippen LogP contribution in [0.1, 0.15) is 33.6 Å². The van der Waals surface area contributed by atoms with Crippen molar-refractivity contribution in [2.75, 3.05) is 0 Å². The Hall–Kier alpha value is -0.300. The lowest BCUT2D eigenvalue weighted by molar-refractivity contribution is 0.0768. The standard InChI is InChI=1S/C10H18O/c1-7(2)9-5-4-8(3)6-10(9)11/h4,7,9-11H,5-6H2,1-3H3. The summed E-state index contributed by atoms with van der Waals surface area (Å²) >= 11 is 0. The summed E-state index contributed by atoms with van der Waals surface area (Å²) in [5.41, 5.74) is 1.34. The van der Waals surface area contributed by atoms with Crippen molar-refractivity contribution in [2.24, 2.45) is 11.8 Å². The Morgan fingerprint density at radius 2 is 2.18 bits per heavy atom. The van der Waals surface area contributed by atoms with E-state index < -0.39 is 0 Å². The molecule has 64 valence electrons. The van der Waals surface area contributed by atoms with E-state index in [1.54, 1.807) is 0 Å². The van der Waals surface area contributed by atoms with Crippen LogP contribution in [0.5, 0.6) is 0 Å². The minimum absolute atomic E-state index is 0.0972. The average Bonchev–Trinajstić information content (AvgIpc) is 1.85. The third kappa shape index (κ3) is 2.06. The summed E-state index contributed by atoms with van der Waals surface area (Å²) in [6, 6.07) is 0. The van der Waals surface area contributed by atoms with Crippen molar-refractivity contribution in [3.63, 3.8) is 0 Å². The molecular weight excluding hydrogens is 136 g/mol. The van der Waals surface area contributed by atoms with Gasteiger partial charge in [0.25, 0.3) is 0 Å². The average molecular weight is 154 g/mol. The minimum atomic E-state index is -0.0972. The molecule has 1 rings (SSSR count). The molecule has 0 aromatic rings. The molecule has 0 radical (unpaired) electrons. The highest BCUT2D eigenvalue weighted by Gasteiger charge is 2.24. The quantitative estimate of drug-likeness (QED) is 0.575. The van der Waals surface area contributed by atoms with Crippen LogP contribution >= 0.6 is 0 Å². The first-order valence-electron chi connectivity index (χ1n) is 4.45. The second-order valence-electron chi connectivity index (χ2n) is 3.97. The van der Waals surface area contributed by atoms with Crippen LogP contribution in [-0.2, 0) is 0 Å². The van der Waals surface area contributed by atoms with Crippen molar-refractivity contribution in [3.05, 3.63) is 11.6 Å². The SMILES string of the molecule is CC1=CCC(C(C)C)C(O)C1. The Morgan fingerprint density at radius 3 is 2.64 bits per heavy atom. The van der Waals surface area contributed by atoms with Crippen molar-refractivity contribution in [3.8, 4) is 0 Å². The maximum absolute atomic E-state index is 9.67. The van der Waals surface area contributed by atoms with Crippen LogP contribution in [0.15, 0.2) is 11.6 Å². The summed E-state index contributed by atoms with van der Waals surface area (Å²) in [6.45, 7) is 6.46. The maximum Gasteiger partial charge on any atom is 0.0610 e. The molecule has 1 N–H and O–H groups in total. The molecular formula is C10H18O. The normalized spacial score (nSPS) is 32.3. The Labute approximate surface area is 69.1 Å². The summed E-state index contributed by atoms with van der Waals surface area (Å²) in [5.74, 6) is 1.09. The van der Waals surface area contributed by atoms with Gasteiger partial charge in [-0.15, -0.1) is 0 Å².